The van der Waals surface area contributed by atoms with E-state index >= 15 is 0 Å². The summed E-state index contributed by atoms with van der Waals surface area (Å²) in [6, 6.07) is 4.30. The summed E-state index contributed by atoms with van der Waals surface area (Å²) in [7, 11) is 0. The Kier molecular flexibility index (Phi) is 2.31. The molecule has 5 heteroatoms. The van der Waals surface area contributed by atoms with Gasteiger partial charge in [-0.3, -0.25) is 4.79 Å². The monoisotopic (exact) mass is 265 g/mol. The third kappa shape index (κ3) is 1.52. The lowest BCUT2D eigenvalue weighted by molar-refractivity contribution is -0.138. The van der Waals surface area contributed by atoms with Crippen molar-refractivity contribution >= 4 is 5.78 Å². The van der Waals surface area contributed by atoms with E-state index in [2.05, 4.69) is 6.07 Å². The fourth-order valence-corrected chi connectivity index (χ4v) is 3.34. The molecule has 0 heterocycles. The van der Waals surface area contributed by atoms with Crippen LogP contribution in [0.3, 0.4) is 0 Å². The van der Waals surface area contributed by atoms with Crippen molar-refractivity contribution in [3.8, 4) is 6.07 Å². The van der Waals surface area contributed by atoms with Crippen LogP contribution in [0.4, 0.5) is 13.2 Å². The third-order valence-electron chi connectivity index (χ3n) is 4.10. The molecule has 98 valence electrons. The molecule has 0 bridgehead atoms. The van der Waals surface area contributed by atoms with Crippen molar-refractivity contribution in [3.63, 3.8) is 0 Å². The molecule has 0 aliphatic heterocycles. The minimum atomic E-state index is -4.44. The molecule has 2 aliphatic rings. The first-order valence-corrected chi connectivity index (χ1v) is 6.07. The van der Waals surface area contributed by atoms with E-state index in [0.29, 0.717) is 24.0 Å². The van der Waals surface area contributed by atoms with Gasteiger partial charge in [0, 0.05) is 12.0 Å². The Hall–Kier alpha value is -1.83. The van der Waals surface area contributed by atoms with Gasteiger partial charge in [-0.1, -0.05) is 6.07 Å². The lowest BCUT2D eigenvalue weighted by atomic mass is 9.71. The Morgan fingerprint density at radius 1 is 1.32 bits per heavy atom. The predicted molar refractivity (Wildman–Crippen MR) is 60.6 cm³/mol. The van der Waals surface area contributed by atoms with Crippen molar-refractivity contribution in [2.75, 3.05) is 0 Å². The van der Waals surface area contributed by atoms with E-state index in [1.54, 1.807) is 0 Å². The predicted octanol–water partition coefficient (Wildman–Crippen LogP) is 3.39. The minimum Gasteiger partial charge on any atom is -0.294 e. The number of halogens is 3. The second kappa shape index (κ2) is 3.60. The van der Waals surface area contributed by atoms with E-state index < -0.39 is 17.2 Å². The average Bonchev–Trinajstić information content (AvgIpc) is 2.64. The van der Waals surface area contributed by atoms with Crippen LogP contribution in [-0.4, -0.2) is 5.78 Å². The number of hydrogen-bond acceptors (Lipinski definition) is 2. The minimum absolute atomic E-state index is 0.0210. The Bertz CT molecular complexity index is 627. The molecule has 0 fully saturated rings. The Morgan fingerprint density at radius 3 is 2.68 bits per heavy atom. The molecule has 0 spiro atoms. The van der Waals surface area contributed by atoms with Gasteiger partial charge in [0.1, 0.15) is 0 Å². The summed E-state index contributed by atoms with van der Waals surface area (Å²) < 4.78 is 39.0. The highest BCUT2D eigenvalue weighted by atomic mass is 19.4. The summed E-state index contributed by atoms with van der Waals surface area (Å²) in [5, 5.41) is 9.35. The smallest absolute Gasteiger partial charge is 0.294 e. The molecule has 2 nitrogen and oxygen atoms in total. The standard InChI is InChI=1S/C14H10F3NO/c15-14(16,17)10-4-3-9-11(19)6-13(7-18)5-1-2-8(10)12(9)13/h3-4H,1-2,5-6H2. The largest absolute Gasteiger partial charge is 0.416 e. The van der Waals surface area contributed by atoms with Gasteiger partial charge in [0.2, 0.25) is 0 Å². The second-order valence-corrected chi connectivity index (χ2v) is 5.16. The number of nitriles is 1. The first-order valence-electron chi connectivity index (χ1n) is 6.07. The van der Waals surface area contributed by atoms with Crippen molar-refractivity contribution in [1.29, 1.82) is 5.26 Å². The maximum absolute atomic E-state index is 13.0. The highest BCUT2D eigenvalue weighted by Crippen LogP contribution is 2.50. The summed E-state index contributed by atoms with van der Waals surface area (Å²) in [4.78, 5) is 11.9. The Morgan fingerprint density at radius 2 is 2.05 bits per heavy atom. The zero-order valence-corrected chi connectivity index (χ0v) is 9.97. The highest BCUT2D eigenvalue weighted by molar-refractivity contribution is 6.03. The third-order valence-corrected chi connectivity index (χ3v) is 4.10. The van der Waals surface area contributed by atoms with Gasteiger partial charge in [0.25, 0.3) is 0 Å². The number of Topliss-reactive ketones (excluding diaryl/α,β-unsaturated/α-hetero) is 1. The van der Waals surface area contributed by atoms with E-state index in [1.165, 1.54) is 6.07 Å². The van der Waals surface area contributed by atoms with E-state index in [0.717, 1.165) is 6.07 Å². The summed E-state index contributed by atoms with van der Waals surface area (Å²) >= 11 is 0. The molecule has 0 N–H and O–H groups in total. The lowest BCUT2D eigenvalue weighted by Crippen LogP contribution is -2.28. The Labute approximate surface area is 107 Å². The van der Waals surface area contributed by atoms with Gasteiger partial charge in [-0.05, 0) is 36.5 Å². The van der Waals surface area contributed by atoms with E-state index in [4.69, 9.17) is 0 Å². The molecular formula is C14H10F3NO. The van der Waals surface area contributed by atoms with Crippen LogP contribution in [0.15, 0.2) is 12.1 Å². The van der Waals surface area contributed by atoms with Crippen LogP contribution in [0.2, 0.25) is 0 Å². The van der Waals surface area contributed by atoms with E-state index in [-0.39, 0.29) is 24.2 Å². The van der Waals surface area contributed by atoms with Gasteiger partial charge in [0.15, 0.2) is 5.78 Å². The number of hydrogen-bond donors (Lipinski definition) is 0. The van der Waals surface area contributed by atoms with Crippen LogP contribution >= 0.6 is 0 Å². The number of alkyl halides is 3. The molecule has 0 amide bonds. The number of carbonyl (C=O) groups is 1. The molecule has 3 rings (SSSR count). The molecule has 2 aliphatic carbocycles. The first kappa shape index (κ1) is 12.2. The van der Waals surface area contributed by atoms with Gasteiger partial charge >= 0.3 is 6.18 Å². The van der Waals surface area contributed by atoms with Gasteiger partial charge in [-0.25, -0.2) is 0 Å². The van der Waals surface area contributed by atoms with Gasteiger partial charge in [-0.15, -0.1) is 0 Å². The number of ketones is 1. The normalized spacial score (nSPS) is 25.1. The maximum atomic E-state index is 13.0. The molecule has 1 atom stereocenters. The van der Waals surface area contributed by atoms with Crippen LogP contribution in [0.1, 0.15) is 46.3 Å². The molecular weight excluding hydrogens is 255 g/mol. The first-order chi connectivity index (χ1) is 8.89. The lowest BCUT2D eigenvalue weighted by Gasteiger charge is -2.30. The van der Waals surface area contributed by atoms with Crippen molar-refractivity contribution < 1.29 is 18.0 Å². The summed E-state index contributed by atoms with van der Waals surface area (Å²) in [5.74, 6) is -0.214. The zero-order valence-electron chi connectivity index (χ0n) is 9.97. The van der Waals surface area contributed by atoms with E-state index in [9.17, 15) is 23.2 Å². The number of carbonyl (C=O) groups excluding carboxylic acids is 1. The summed E-state index contributed by atoms with van der Waals surface area (Å²) in [6.07, 6.45) is -3.15. The number of rotatable bonds is 0. The van der Waals surface area contributed by atoms with Crippen LogP contribution in [0.25, 0.3) is 0 Å². The summed E-state index contributed by atoms with van der Waals surface area (Å²) in [5.41, 5.74) is -0.907. The van der Waals surface area contributed by atoms with Crippen molar-refractivity contribution in [1.82, 2.24) is 0 Å². The SMILES string of the molecule is N#CC12CCCc3c(C(F)(F)F)ccc(c31)C(=O)C2. The maximum Gasteiger partial charge on any atom is 0.416 e. The van der Waals surface area contributed by atoms with Crippen LogP contribution in [0, 0.1) is 11.3 Å². The second-order valence-electron chi connectivity index (χ2n) is 5.16. The molecule has 1 unspecified atom stereocenters. The molecule has 1 aromatic carbocycles. The van der Waals surface area contributed by atoms with Crippen molar-refractivity contribution in [2.45, 2.75) is 37.3 Å². The van der Waals surface area contributed by atoms with Crippen LogP contribution < -0.4 is 0 Å². The number of nitrogens with zero attached hydrogens (tertiary/aromatic N) is 1. The Balaban J connectivity index is 2.35. The molecule has 19 heavy (non-hydrogen) atoms. The van der Waals surface area contributed by atoms with Crippen molar-refractivity contribution in [3.05, 3.63) is 34.4 Å². The van der Waals surface area contributed by atoms with Crippen LogP contribution in [-0.2, 0) is 18.0 Å². The van der Waals surface area contributed by atoms with Gasteiger partial charge in [-0.2, -0.15) is 18.4 Å². The fourth-order valence-electron chi connectivity index (χ4n) is 3.34. The van der Waals surface area contributed by atoms with E-state index in [1.807, 2.05) is 0 Å². The quantitative estimate of drug-likeness (QED) is 0.721. The van der Waals surface area contributed by atoms with Gasteiger partial charge < -0.3 is 0 Å². The summed E-state index contributed by atoms with van der Waals surface area (Å²) in [6.45, 7) is 0. The molecule has 0 aromatic heterocycles. The average molecular weight is 265 g/mol. The fraction of sp³-hybridized carbons (Fsp3) is 0.429. The highest BCUT2D eigenvalue weighted by Gasteiger charge is 2.49. The molecule has 0 saturated heterocycles. The topological polar surface area (TPSA) is 40.9 Å². The number of benzene rings is 1. The van der Waals surface area contributed by atoms with Crippen LogP contribution in [0.5, 0.6) is 0 Å². The molecule has 0 radical (unpaired) electrons. The molecule has 0 saturated carbocycles. The zero-order chi connectivity index (χ0) is 13.8. The van der Waals surface area contributed by atoms with Gasteiger partial charge in [0.05, 0.1) is 17.0 Å². The molecule has 1 aromatic rings. The van der Waals surface area contributed by atoms with Crippen molar-refractivity contribution in [2.24, 2.45) is 0 Å².